The number of nitrogens with one attached hydrogen (secondary N) is 1. The molecular formula is C13H15N5OS. The molecule has 1 amide bonds. The fraction of sp³-hybridized carbons (Fsp3) is 0.154. The number of amides is 1. The highest BCUT2D eigenvalue weighted by molar-refractivity contribution is 7.13. The van der Waals surface area contributed by atoms with Crippen LogP contribution in [0, 0.1) is 6.92 Å². The maximum atomic E-state index is 11.1. The lowest BCUT2D eigenvalue weighted by atomic mass is 10.1. The number of nitrogens with two attached hydrogens (primary N) is 2. The largest absolute Gasteiger partial charge is 0.370 e. The number of hydrogen-bond donors (Lipinski definition) is 3. The number of carbonyl (C=O) groups excluding carboxylic acids is 1. The molecule has 0 saturated heterocycles. The van der Waals surface area contributed by atoms with Crippen LogP contribution in [0.2, 0.25) is 0 Å². The molecule has 1 aromatic carbocycles. The quantitative estimate of drug-likeness (QED) is 0.593. The molecule has 0 fully saturated rings. The number of hydrogen-bond acceptors (Lipinski definition) is 4. The van der Waals surface area contributed by atoms with Gasteiger partial charge in [0.1, 0.15) is 0 Å². The number of guanidine groups is 1. The van der Waals surface area contributed by atoms with Crippen LogP contribution in [0.1, 0.15) is 12.5 Å². The second-order valence-electron chi connectivity index (χ2n) is 4.26. The minimum Gasteiger partial charge on any atom is -0.370 e. The Morgan fingerprint density at radius 1 is 1.40 bits per heavy atom. The van der Waals surface area contributed by atoms with Gasteiger partial charge in [-0.25, -0.2) is 4.98 Å². The van der Waals surface area contributed by atoms with E-state index in [-0.39, 0.29) is 11.9 Å². The molecule has 2 aromatic rings. The van der Waals surface area contributed by atoms with Gasteiger partial charge in [0, 0.05) is 23.6 Å². The molecule has 1 heterocycles. The first kappa shape index (κ1) is 14.0. The van der Waals surface area contributed by atoms with Gasteiger partial charge in [-0.15, -0.1) is 11.3 Å². The zero-order valence-electron chi connectivity index (χ0n) is 11.2. The van der Waals surface area contributed by atoms with Gasteiger partial charge in [-0.3, -0.25) is 4.79 Å². The van der Waals surface area contributed by atoms with E-state index in [1.54, 1.807) is 0 Å². The predicted octanol–water partition coefficient (Wildman–Crippen LogP) is 1.98. The molecule has 104 valence electrons. The summed E-state index contributed by atoms with van der Waals surface area (Å²) in [6, 6.07) is 5.66. The van der Waals surface area contributed by atoms with Gasteiger partial charge in [0.15, 0.2) is 5.96 Å². The fourth-order valence-corrected chi connectivity index (χ4v) is 2.43. The minimum atomic E-state index is -0.112. The van der Waals surface area contributed by atoms with Crippen molar-refractivity contribution in [1.29, 1.82) is 0 Å². The molecule has 0 atom stereocenters. The zero-order chi connectivity index (χ0) is 14.7. The van der Waals surface area contributed by atoms with Crippen LogP contribution >= 0.6 is 11.3 Å². The van der Waals surface area contributed by atoms with Crippen molar-refractivity contribution in [3.8, 4) is 11.3 Å². The predicted molar refractivity (Wildman–Crippen MR) is 82.1 cm³/mol. The second kappa shape index (κ2) is 5.70. The topological polar surface area (TPSA) is 106 Å². The first-order chi connectivity index (χ1) is 9.45. The van der Waals surface area contributed by atoms with E-state index in [0.29, 0.717) is 5.13 Å². The lowest BCUT2D eigenvalue weighted by Crippen LogP contribution is -2.21. The van der Waals surface area contributed by atoms with Gasteiger partial charge in [-0.05, 0) is 24.6 Å². The van der Waals surface area contributed by atoms with Crippen LogP contribution in [0.5, 0.6) is 0 Å². The third-order valence-electron chi connectivity index (χ3n) is 2.55. The van der Waals surface area contributed by atoms with E-state index in [1.807, 2.05) is 30.5 Å². The van der Waals surface area contributed by atoms with E-state index in [9.17, 15) is 4.79 Å². The van der Waals surface area contributed by atoms with Gasteiger partial charge >= 0.3 is 0 Å². The molecule has 1 aromatic heterocycles. The molecule has 0 saturated carbocycles. The van der Waals surface area contributed by atoms with E-state index in [0.717, 1.165) is 22.5 Å². The molecule has 0 unspecified atom stereocenters. The summed E-state index contributed by atoms with van der Waals surface area (Å²) in [5.74, 6) is -0.131. The molecule has 6 nitrogen and oxygen atoms in total. The van der Waals surface area contributed by atoms with Gasteiger partial charge in [-0.1, -0.05) is 6.07 Å². The standard InChI is InChI=1S/C13H15N5OS/c1-7-3-4-9(16-8(2)19)5-10(7)11-6-20-13(17-11)18-12(14)15/h3-6H,1-2H3,(H,16,19)(H4,14,15,17,18). The summed E-state index contributed by atoms with van der Waals surface area (Å²) in [6.45, 7) is 3.45. The molecule has 0 aliphatic heterocycles. The summed E-state index contributed by atoms with van der Waals surface area (Å²) < 4.78 is 0. The van der Waals surface area contributed by atoms with Crippen molar-refractivity contribution in [2.24, 2.45) is 16.5 Å². The number of rotatable bonds is 3. The second-order valence-corrected chi connectivity index (χ2v) is 5.10. The van der Waals surface area contributed by atoms with Gasteiger partial charge < -0.3 is 16.8 Å². The monoisotopic (exact) mass is 289 g/mol. The van der Waals surface area contributed by atoms with Gasteiger partial charge in [0.25, 0.3) is 0 Å². The SMILES string of the molecule is CC(=O)Nc1ccc(C)c(-c2csc(N=C(N)N)n2)c1. The fourth-order valence-electron chi connectivity index (χ4n) is 1.73. The Balaban J connectivity index is 2.38. The summed E-state index contributed by atoms with van der Waals surface area (Å²) in [5.41, 5.74) is 14.2. The van der Waals surface area contributed by atoms with Crippen molar-refractivity contribution in [2.45, 2.75) is 13.8 Å². The maximum absolute atomic E-state index is 11.1. The number of benzene rings is 1. The van der Waals surface area contributed by atoms with Crippen LogP contribution in [0.25, 0.3) is 11.3 Å². The zero-order valence-corrected chi connectivity index (χ0v) is 12.0. The van der Waals surface area contributed by atoms with Crippen LogP contribution in [0.4, 0.5) is 10.8 Å². The van der Waals surface area contributed by atoms with Crippen molar-refractivity contribution in [3.63, 3.8) is 0 Å². The highest BCUT2D eigenvalue weighted by atomic mass is 32.1. The summed E-state index contributed by atoms with van der Waals surface area (Å²) in [7, 11) is 0. The molecule has 0 radical (unpaired) electrons. The van der Waals surface area contributed by atoms with Crippen LogP contribution in [0.3, 0.4) is 0 Å². The number of anilines is 1. The third-order valence-corrected chi connectivity index (χ3v) is 3.29. The lowest BCUT2D eigenvalue weighted by molar-refractivity contribution is -0.114. The normalized spacial score (nSPS) is 10.1. The van der Waals surface area contributed by atoms with Crippen molar-refractivity contribution in [2.75, 3.05) is 5.32 Å². The van der Waals surface area contributed by atoms with Gasteiger partial charge in [-0.2, -0.15) is 4.99 Å². The summed E-state index contributed by atoms with van der Waals surface area (Å²) in [6.07, 6.45) is 0. The van der Waals surface area contributed by atoms with Crippen molar-refractivity contribution in [1.82, 2.24) is 4.98 Å². The van der Waals surface area contributed by atoms with E-state index in [4.69, 9.17) is 11.5 Å². The average molecular weight is 289 g/mol. The summed E-state index contributed by atoms with van der Waals surface area (Å²) in [5, 5.41) is 5.13. The number of nitrogens with zero attached hydrogens (tertiary/aromatic N) is 2. The molecule has 7 heteroatoms. The lowest BCUT2D eigenvalue weighted by Gasteiger charge is -2.07. The molecule has 20 heavy (non-hydrogen) atoms. The molecule has 0 aliphatic carbocycles. The summed E-state index contributed by atoms with van der Waals surface area (Å²) >= 11 is 1.36. The number of aromatic nitrogens is 1. The summed E-state index contributed by atoms with van der Waals surface area (Å²) in [4.78, 5) is 19.4. The smallest absolute Gasteiger partial charge is 0.221 e. The molecule has 2 rings (SSSR count). The van der Waals surface area contributed by atoms with Crippen molar-refractivity contribution >= 4 is 34.0 Å². The van der Waals surface area contributed by atoms with Gasteiger partial charge in [0.2, 0.25) is 11.0 Å². The van der Waals surface area contributed by atoms with E-state index in [2.05, 4.69) is 15.3 Å². The average Bonchev–Trinajstić information content (AvgIpc) is 2.78. The highest BCUT2D eigenvalue weighted by Crippen LogP contribution is 2.30. The molecular weight excluding hydrogens is 274 g/mol. The van der Waals surface area contributed by atoms with Crippen LogP contribution in [0.15, 0.2) is 28.6 Å². The number of carbonyl (C=O) groups is 1. The first-order valence-electron chi connectivity index (χ1n) is 5.89. The Morgan fingerprint density at radius 2 is 2.15 bits per heavy atom. The molecule has 0 bridgehead atoms. The number of thiazole rings is 1. The molecule has 0 aliphatic rings. The van der Waals surface area contributed by atoms with Crippen molar-refractivity contribution < 1.29 is 4.79 Å². The Bertz CT molecular complexity index is 673. The Labute approximate surface area is 120 Å². The van der Waals surface area contributed by atoms with Gasteiger partial charge in [0.05, 0.1) is 5.69 Å². The third kappa shape index (κ3) is 3.33. The van der Waals surface area contributed by atoms with E-state index >= 15 is 0 Å². The van der Waals surface area contributed by atoms with Crippen LogP contribution in [-0.2, 0) is 4.79 Å². The Morgan fingerprint density at radius 3 is 2.80 bits per heavy atom. The molecule has 5 N–H and O–H groups in total. The highest BCUT2D eigenvalue weighted by Gasteiger charge is 2.08. The Hall–Kier alpha value is -2.41. The first-order valence-corrected chi connectivity index (χ1v) is 6.77. The number of aryl methyl sites for hydroxylation is 1. The maximum Gasteiger partial charge on any atom is 0.221 e. The van der Waals surface area contributed by atoms with Crippen LogP contribution < -0.4 is 16.8 Å². The van der Waals surface area contributed by atoms with Crippen LogP contribution in [-0.4, -0.2) is 16.9 Å². The Kier molecular flexibility index (Phi) is 3.99. The van der Waals surface area contributed by atoms with E-state index in [1.165, 1.54) is 18.3 Å². The minimum absolute atomic E-state index is 0.0189. The molecule has 0 spiro atoms. The van der Waals surface area contributed by atoms with E-state index < -0.39 is 0 Å². The van der Waals surface area contributed by atoms with Crippen molar-refractivity contribution in [3.05, 3.63) is 29.1 Å². The number of aliphatic imine (C=N–C) groups is 1.